The van der Waals surface area contributed by atoms with Gasteiger partial charge in [0.25, 0.3) is 11.8 Å². The number of hydrogen-bond donors (Lipinski definition) is 3. The van der Waals surface area contributed by atoms with Gasteiger partial charge in [-0.1, -0.05) is 47.0 Å². The number of methoxy groups -OCH3 is 1. The Morgan fingerprint density at radius 2 is 1.71 bits per heavy atom. The lowest BCUT2D eigenvalue weighted by molar-refractivity contribution is -0.138. The van der Waals surface area contributed by atoms with Crippen LogP contribution >= 0.6 is 23.2 Å². The number of allylic oxidation sites excluding steroid dienone is 2. The fraction of sp³-hybridized carbons (Fsp3) is 0.273. The zero-order chi connectivity index (χ0) is 31.8. The van der Waals surface area contributed by atoms with Crippen molar-refractivity contribution in [3.8, 4) is 11.5 Å². The zero-order valence-electron chi connectivity index (χ0n) is 23.7. The van der Waals surface area contributed by atoms with E-state index in [0.29, 0.717) is 27.4 Å². The maximum atomic E-state index is 15.0. The Hall–Kier alpha value is -4.41. The van der Waals surface area contributed by atoms with Crippen molar-refractivity contribution >= 4 is 52.5 Å². The van der Waals surface area contributed by atoms with Crippen molar-refractivity contribution in [2.24, 2.45) is 23.7 Å². The Morgan fingerprint density at radius 3 is 2.40 bits per heavy atom. The molecule has 2 aliphatic carbocycles. The number of imide groups is 2. The first-order chi connectivity index (χ1) is 21.6. The number of phenolic OH excluding ortho intramolecular Hbond substituents is 1. The molecule has 4 amide bonds. The molecule has 2 saturated heterocycles. The van der Waals surface area contributed by atoms with Crippen LogP contribution in [0.15, 0.2) is 72.3 Å². The van der Waals surface area contributed by atoms with Gasteiger partial charge in [-0.2, -0.15) is 5.01 Å². The smallest absolute Gasteiger partial charge is 0.260 e. The number of nitrogens with zero attached hydrogens (tertiary/aromatic N) is 1. The van der Waals surface area contributed by atoms with Crippen molar-refractivity contribution in [2.75, 3.05) is 12.5 Å². The van der Waals surface area contributed by atoms with Crippen LogP contribution in [0.25, 0.3) is 0 Å². The molecular weight excluding hydrogens is 624 g/mol. The minimum absolute atomic E-state index is 0.0320. The van der Waals surface area contributed by atoms with E-state index in [0.717, 1.165) is 5.01 Å². The summed E-state index contributed by atoms with van der Waals surface area (Å²) in [6, 6.07) is 15.0. The predicted octanol–water partition coefficient (Wildman–Crippen LogP) is 5.12. The molecule has 0 spiro atoms. The van der Waals surface area contributed by atoms with Gasteiger partial charge in [-0.05, 0) is 78.4 Å². The number of halogens is 3. The highest BCUT2D eigenvalue weighted by Gasteiger charge is 2.70. The van der Waals surface area contributed by atoms with Gasteiger partial charge in [-0.3, -0.25) is 29.9 Å². The Labute approximate surface area is 266 Å². The van der Waals surface area contributed by atoms with Gasteiger partial charge in [0.2, 0.25) is 11.8 Å². The molecule has 0 unspecified atom stereocenters. The van der Waals surface area contributed by atoms with E-state index in [1.807, 2.05) is 6.08 Å². The SMILES string of the molecule is COc1cc([C@H]2C3=CC[C@@H]4C(=O)NC(=O)[C@@H]4[C@@H]3C[C@H]3C(=O)N(Nc4ccc(F)cc4)C(=O)[C@@]23c2ccc(Cl)cc2)cc(Cl)c1O. The number of carbonyl (C=O) groups is 4. The first kappa shape index (κ1) is 29.3. The van der Waals surface area contributed by atoms with E-state index in [9.17, 15) is 28.7 Å². The van der Waals surface area contributed by atoms with Crippen molar-refractivity contribution in [2.45, 2.75) is 24.2 Å². The molecule has 2 heterocycles. The normalized spacial score (nSPS) is 28.7. The van der Waals surface area contributed by atoms with Gasteiger partial charge < -0.3 is 9.84 Å². The highest BCUT2D eigenvalue weighted by Crippen LogP contribution is 2.64. The second kappa shape index (κ2) is 10.6. The molecule has 3 aromatic carbocycles. The third kappa shape index (κ3) is 4.26. The van der Waals surface area contributed by atoms with E-state index in [-0.39, 0.29) is 35.3 Å². The van der Waals surface area contributed by atoms with Crippen LogP contribution in [0.2, 0.25) is 10.0 Å². The molecule has 0 radical (unpaired) electrons. The predicted molar refractivity (Wildman–Crippen MR) is 162 cm³/mol. The molecule has 6 atom stereocenters. The number of ether oxygens (including phenoxy) is 1. The molecule has 9 nitrogen and oxygen atoms in total. The number of nitrogens with one attached hydrogen (secondary N) is 2. The van der Waals surface area contributed by atoms with Crippen LogP contribution in [-0.2, 0) is 24.6 Å². The number of hydrogen-bond acceptors (Lipinski definition) is 7. The number of amides is 4. The number of benzene rings is 3. The topological polar surface area (TPSA) is 125 Å². The number of fused-ring (bicyclic) bond motifs is 4. The molecule has 3 aromatic rings. The number of carbonyl (C=O) groups excluding carboxylic acids is 4. The third-order valence-corrected chi connectivity index (χ3v) is 10.2. The molecule has 4 aliphatic rings. The highest BCUT2D eigenvalue weighted by atomic mass is 35.5. The average molecular weight is 650 g/mol. The van der Waals surface area contributed by atoms with Gasteiger partial charge in [-0.15, -0.1) is 0 Å². The molecular formula is C33H26Cl2FN3O6. The lowest BCUT2D eigenvalue weighted by Gasteiger charge is -2.50. The second-order valence-corrected chi connectivity index (χ2v) is 12.6. The summed E-state index contributed by atoms with van der Waals surface area (Å²) in [6.45, 7) is 0. The summed E-state index contributed by atoms with van der Waals surface area (Å²) >= 11 is 12.8. The van der Waals surface area contributed by atoms with Crippen LogP contribution in [0.5, 0.6) is 11.5 Å². The number of hydrazine groups is 1. The van der Waals surface area contributed by atoms with Crippen LogP contribution in [0.4, 0.5) is 10.1 Å². The first-order valence-corrected chi connectivity index (χ1v) is 15.1. The monoisotopic (exact) mass is 649 g/mol. The molecule has 3 fully saturated rings. The lowest BCUT2D eigenvalue weighted by Crippen LogP contribution is -2.53. The lowest BCUT2D eigenvalue weighted by atomic mass is 9.49. The summed E-state index contributed by atoms with van der Waals surface area (Å²) in [4.78, 5) is 55.4. The maximum absolute atomic E-state index is 15.0. The van der Waals surface area contributed by atoms with Crippen LogP contribution in [0.3, 0.4) is 0 Å². The van der Waals surface area contributed by atoms with E-state index >= 15 is 0 Å². The van der Waals surface area contributed by atoms with E-state index in [1.54, 1.807) is 30.3 Å². The Kier molecular flexibility index (Phi) is 6.90. The minimum Gasteiger partial charge on any atom is -0.503 e. The van der Waals surface area contributed by atoms with Crippen molar-refractivity contribution in [3.63, 3.8) is 0 Å². The number of anilines is 1. The van der Waals surface area contributed by atoms with Crippen LogP contribution in [0, 0.1) is 29.5 Å². The molecule has 7 rings (SSSR count). The van der Waals surface area contributed by atoms with Gasteiger partial charge in [0.1, 0.15) is 5.82 Å². The van der Waals surface area contributed by atoms with E-state index in [1.165, 1.54) is 37.4 Å². The molecule has 45 heavy (non-hydrogen) atoms. The van der Waals surface area contributed by atoms with Crippen molar-refractivity contribution < 1.29 is 33.4 Å². The molecule has 230 valence electrons. The number of rotatable bonds is 5. The van der Waals surface area contributed by atoms with Crippen molar-refractivity contribution in [1.82, 2.24) is 10.3 Å². The fourth-order valence-electron chi connectivity index (χ4n) is 7.86. The molecule has 3 N–H and O–H groups in total. The molecule has 0 bridgehead atoms. The fourth-order valence-corrected chi connectivity index (χ4v) is 8.20. The quantitative estimate of drug-likeness (QED) is 0.259. The summed E-state index contributed by atoms with van der Waals surface area (Å²) in [7, 11) is 1.37. The number of aromatic hydroxyl groups is 1. The Morgan fingerprint density at radius 1 is 1.00 bits per heavy atom. The summed E-state index contributed by atoms with van der Waals surface area (Å²) < 4.78 is 19.2. The van der Waals surface area contributed by atoms with Crippen molar-refractivity contribution in [3.05, 3.63) is 99.3 Å². The third-order valence-electron chi connectivity index (χ3n) is 9.70. The second-order valence-electron chi connectivity index (χ2n) is 11.8. The van der Waals surface area contributed by atoms with Gasteiger partial charge in [0.05, 0.1) is 41.0 Å². The first-order valence-electron chi connectivity index (χ1n) is 14.3. The van der Waals surface area contributed by atoms with E-state index in [2.05, 4.69) is 10.7 Å². The zero-order valence-corrected chi connectivity index (χ0v) is 25.2. The molecule has 12 heteroatoms. The maximum Gasteiger partial charge on any atom is 0.260 e. The summed E-state index contributed by atoms with van der Waals surface area (Å²) in [5.74, 6) is -6.42. The standard InChI is InChI=1S/C33H26Cl2FN3O6/c1-45-25-13-15(12-24(35)28(25)40)27-20-10-11-21-26(30(42)37-29(21)41)22(20)14-23-31(43)39(38-19-8-6-18(36)7-9-19)32(44)33(23,27)16-2-4-17(34)5-3-16/h2-10,12-13,21-23,26-27,38,40H,11,14H2,1H3,(H,37,41,42)/t21-,22+,23-,26-,27-,33+/m0/s1. The van der Waals surface area contributed by atoms with Crippen LogP contribution < -0.4 is 15.5 Å². The van der Waals surface area contributed by atoms with Crippen LogP contribution in [-0.4, -0.2) is 40.9 Å². The van der Waals surface area contributed by atoms with E-state index < -0.39 is 58.5 Å². The van der Waals surface area contributed by atoms with Crippen molar-refractivity contribution in [1.29, 1.82) is 0 Å². The molecule has 0 aromatic heterocycles. The van der Waals surface area contributed by atoms with Gasteiger partial charge in [-0.25, -0.2) is 4.39 Å². The highest BCUT2D eigenvalue weighted by molar-refractivity contribution is 6.32. The largest absolute Gasteiger partial charge is 0.503 e. The summed E-state index contributed by atoms with van der Waals surface area (Å²) in [5, 5.41) is 14.4. The summed E-state index contributed by atoms with van der Waals surface area (Å²) in [5.41, 5.74) is 3.30. The summed E-state index contributed by atoms with van der Waals surface area (Å²) in [6.07, 6.45) is 2.25. The van der Waals surface area contributed by atoms with Crippen LogP contribution in [0.1, 0.15) is 29.9 Å². The Balaban J connectivity index is 1.50. The number of phenols is 1. The Bertz CT molecular complexity index is 1810. The molecule has 2 aliphatic heterocycles. The minimum atomic E-state index is -1.58. The molecule has 1 saturated carbocycles. The average Bonchev–Trinajstić information content (AvgIpc) is 3.43. The van der Waals surface area contributed by atoms with Gasteiger partial charge in [0, 0.05) is 10.9 Å². The van der Waals surface area contributed by atoms with Gasteiger partial charge in [0.15, 0.2) is 11.5 Å². The van der Waals surface area contributed by atoms with Gasteiger partial charge >= 0.3 is 0 Å². The van der Waals surface area contributed by atoms with E-state index in [4.69, 9.17) is 27.9 Å².